The normalized spacial score (nSPS) is 11.5. The molecule has 0 radical (unpaired) electrons. The van der Waals surface area contributed by atoms with E-state index in [1.165, 1.54) is 0 Å². The van der Waals surface area contributed by atoms with Gasteiger partial charge in [-0.05, 0) is 38.2 Å². The Labute approximate surface area is 247 Å². The van der Waals surface area contributed by atoms with Crippen molar-refractivity contribution in [1.82, 2.24) is 14.5 Å². The third-order valence-electron chi connectivity index (χ3n) is 7.40. The van der Waals surface area contributed by atoms with Gasteiger partial charge in [-0.15, -0.1) is 0 Å². The first-order valence-electron chi connectivity index (χ1n) is 14.8. The van der Waals surface area contributed by atoms with Gasteiger partial charge in [-0.2, -0.15) is 8.78 Å². The molecule has 0 bridgehead atoms. The molecule has 4 aromatic rings. The van der Waals surface area contributed by atoms with Gasteiger partial charge in [-0.1, -0.05) is 44.4 Å². The topological polar surface area (TPSA) is 100 Å². The lowest BCUT2D eigenvalue weighted by atomic mass is 10.0. The number of rotatable bonds is 16. The average Bonchev–Trinajstić information content (AvgIpc) is 3.36. The van der Waals surface area contributed by atoms with Crippen molar-refractivity contribution < 1.29 is 31.9 Å². The summed E-state index contributed by atoms with van der Waals surface area (Å²) >= 11 is 0. The number of halogens is 4. The lowest BCUT2D eigenvalue weighted by Crippen LogP contribution is -2.12. The van der Waals surface area contributed by atoms with Crippen LogP contribution in [0.15, 0.2) is 30.3 Å². The van der Waals surface area contributed by atoms with Crippen LogP contribution in [-0.4, -0.2) is 26.3 Å². The summed E-state index contributed by atoms with van der Waals surface area (Å²) in [6.07, 6.45) is 7.43. The Balaban J connectivity index is 1.19. The van der Waals surface area contributed by atoms with Gasteiger partial charge in [-0.25, -0.2) is 18.7 Å². The van der Waals surface area contributed by atoms with Crippen LogP contribution in [0.2, 0.25) is 0 Å². The van der Waals surface area contributed by atoms with E-state index >= 15 is 0 Å². The molecule has 0 atom stereocenters. The molecule has 230 valence electrons. The number of unbranched alkanes of at least 4 members (excludes halogenated alkanes) is 5. The number of aromatic nitrogens is 3. The van der Waals surface area contributed by atoms with Crippen LogP contribution in [0.1, 0.15) is 83.4 Å². The first-order valence-corrected chi connectivity index (χ1v) is 14.8. The van der Waals surface area contributed by atoms with Gasteiger partial charge in [0.15, 0.2) is 17.5 Å². The zero-order valence-corrected chi connectivity index (χ0v) is 24.2. The molecule has 7 nitrogen and oxygen atoms in total. The number of nitrogens with two attached hydrogens (primary N) is 1. The Kier molecular flexibility index (Phi) is 11.1. The standard InChI is InChI=1S/C32H36F4N4O3/c1-2-3-16-25-39-29-30(21-14-9-10-15-24(21)38-32(29)37)40(25)18-11-5-7-13-20(41)12-6-4-8-17-26(42)43-31-27(35)22(33)19-23(34)28(31)36/h9-10,14-15,19H,2-8,11-13,16-18H2,1H3,(H2,37,38). The number of hydrogen-bond donors (Lipinski definition) is 1. The Morgan fingerprint density at radius 2 is 1.51 bits per heavy atom. The van der Waals surface area contributed by atoms with E-state index in [2.05, 4.69) is 21.2 Å². The van der Waals surface area contributed by atoms with Gasteiger partial charge in [0, 0.05) is 43.7 Å². The molecule has 0 amide bonds. The molecule has 2 aromatic heterocycles. The third-order valence-corrected chi connectivity index (χ3v) is 7.40. The zero-order valence-electron chi connectivity index (χ0n) is 24.2. The molecule has 11 heteroatoms. The zero-order chi connectivity index (χ0) is 30.9. The van der Waals surface area contributed by atoms with Crippen LogP contribution < -0.4 is 10.5 Å². The molecule has 2 aromatic carbocycles. The van der Waals surface area contributed by atoms with E-state index in [1.807, 2.05) is 24.3 Å². The highest BCUT2D eigenvalue weighted by Gasteiger charge is 2.23. The molecule has 0 aliphatic heterocycles. The summed E-state index contributed by atoms with van der Waals surface area (Å²) < 4.78 is 60.6. The van der Waals surface area contributed by atoms with Crippen molar-refractivity contribution in [3.63, 3.8) is 0 Å². The number of imidazole rings is 1. The molecule has 0 aliphatic carbocycles. The molecule has 2 N–H and O–H groups in total. The highest BCUT2D eigenvalue weighted by Crippen LogP contribution is 2.30. The van der Waals surface area contributed by atoms with E-state index in [-0.39, 0.29) is 18.3 Å². The second-order valence-corrected chi connectivity index (χ2v) is 10.7. The average molecular weight is 601 g/mol. The fourth-order valence-corrected chi connectivity index (χ4v) is 5.14. The number of anilines is 1. The van der Waals surface area contributed by atoms with E-state index in [4.69, 9.17) is 10.7 Å². The predicted molar refractivity (Wildman–Crippen MR) is 157 cm³/mol. The van der Waals surface area contributed by atoms with Crippen molar-refractivity contribution in [3.05, 3.63) is 59.4 Å². The van der Waals surface area contributed by atoms with Crippen LogP contribution in [0.4, 0.5) is 23.4 Å². The smallest absolute Gasteiger partial charge is 0.311 e. The van der Waals surface area contributed by atoms with E-state index < -0.39 is 35.0 Å². The largest absolute Gasteiger partial charge is 0.420 e. The number of ether oxygens (including phenoxy) is 1. The lowest BCUT2D eigenvalue weighted by molar-refractivity contribution is -0.135. The van der Waals surface area contributed by atoms with Gasteiger partial charge in [0.2, 0.25) is 17.4 Å². The van der Waals surface area contributed by atoms with Crippen molar-refractivity contribution >= 4 is 39.5 Å². The van der Waals surface area contributed by atoms with Gasteiger partial charge in [0.25, 0.3) is 0 Å². The van der Waals surface area contributed by atoms with Gasteiger partial charge in [0.05, 0.1) is 11.0 Å². The van der Waals surface area contributed by atoms with Crippen molar-refractivity contribution in [2.45, 2.75) is 90.5 Å². The minimum atomic E-state index is -1.76. The van der Waals surface area contributed by atoms with E-state index in [0.29, 0.717) is 37.9 Å². The van der Waals surface area contributed by atoms with Crippen molar-refractivity contribution in [2.24, 2.45) is 0 Å². The maximum Gasteiger partial charge on any atom is 0.311 e. The molecule has 0 saturated heterocycles. The SMILES string of the molecule is CCCCc1nc2c(N)nc3ccccc3c2n1CCCCCC(=O)CCCCCC(=O)Oc1c(F)c(F)cc(F)c1F. The van der Waals surface area contributed by atoms with Gasteiger partial charge in [-0.3, -0.25) is 9.59 Å². The molecule has 0 fully saturated rings. The van der Waals surface area contributed by atoms with Crippen LogP contribution in [-0.2, 0) is 22.6 Å². The first kappa shape index (κ1) is 31.9. The fraction of sp³-hybridized carbons (Fsp3) is 0.438. The number of carbonyl (C=O) groups excluding carboxylic acids is 2. The van der Waals surface area contributed by atoms with Crippen molar-refractivity contribution in [1.29, 1.82) is 0 Å². The van der Waals surface area contributed by atoms with Crippen molar-refractivity contribution in [2.75, 3.05) is 5.73 Å². The molecule has 0 saturated carbocycles. The number of fused-ring (bicyclic) bond motifs is 3. The number of para-hydroxylation sites is 1. The molecular weight excluding hydrogens is 564 g/mol. The van der Waals surface area contributed by atoms with Crippen LogP contribution in [0.5, 0.6) is 5.75 Å². The number of esters is 1. The number of carbonyl (C=O) groups is 2. The van der Waals surface area contributed by atoms with Gasteiger partial charge < -0.3 is 15.0 Å². The van der Waals surface area contributed by atoms with Crippen LogP contribution in [0.3, 0.4) is 0 Å². The van der Waals surface area contributed by atoms with Gasteiger partial charge in [0.1, 0.15) is 17.1 Å². The minimum Gasteiger partial charge on any atom is -0.420 e. The summed E-state index contributed by atoms with van der Waals surface area (Å²) in [6.45, 7) is 2.91. The highest BCUT2D eigenvalue weighted by atomic mass is 19.2. The van der Waals surface area contributed by atoms with Gasteiger partial charge >= 0.3 is 5.97 Å². The number of nitrogens with zero attached hydrogens (tertiary/aromatic N) is 3. The van der Waals surface area contributed by atoms with Crippen LogP contribution in [0, 0.1) is 23.3 Å². The third kappa shape index (κ3) is 7.88. The number of aryl methyl sites for hydroxylation is 2. The molecule has 4 rings (SSSR count). The second-order valence-electron chi connectivity index (χ2n) is 10.7. The summed E-state index contributed by atoms with van der Waals surface area (Å²) in [5.41, 5.74) is 8.84. The van der Waals surface area contributed by atoms with E-state index in [1.54, 1.807) is 0 Å². The number of nitrogen functional groups attached to an aromatic ring is 1. The molecule has 0 unspecified atom stereocenters. The summed E-state index contributed by atoms with van der Waals surface area (Å²) in [5.74, 6) is -7.66. The van der Waals surface area contributed by atoms with E-state index in [0.717, 1.165) is 72.8 Å². The summed E-state index contributed by atoms with van der Waals surface area (Å²) in [6, 6.07) is 7.95. The molecule has 0 aliphatic rings. The van der Waals surface area contributed by atoms with Crippen LogP contribution >= 0.6 is 0 Å². The Morgan fingerprint density at radius 3 is 2.21 bits per heavy atom. The number of hydrogen-bond acceptors (Lipinski definition) is 6. The predicted octanol–water partition coefficient (Wildman–Crippen LogP) is 7.75. The highest BCUT2D eigenvalue weighted by molar-refractivity contribution is 6.06. The summed E-state index contributed by atoms with van der Waals surface area (Å²) in [5, 5.41) is 1.02. The van der Waals surface area contributed by atoms with E-state index in [9.17, 15) is 27.2 Å². The maximum atomic E-state index is 13.6. The second kappa shape index (κ2) is 14.9. The Bertz CT molecular complexity index is 1580. The Hall–Kier alpha value is -4.02. The molecule has 0 spiro atoms. The fourth-order valence-electron chi connectivity index (χ4n) is 5.14. The first-order chi connectivity index (χ1) is 20.7. The summed E-state index contributed by atoms with van der Waals surface area (Å²) in [7, 11) is 0. The quantitative estimate of drug-likeness (QED) is 0.0464. The minimum absolute atomic E-state index is 0.0427. The lowest BCUT2D eigenvalue weighted by Gasteiger charge is -2.11. The number of benzene rings is 2. The number of Topliss-reactive ketones (excluding diaryl/α,β-unsaturated/α-hetero) is 1. The monoisotopic (exact) mass is 600 g/mol. The van der Waals surface area contributed by atoms with Crippen molar-refractivity contribution in [3.8, 4) is 5.75 Å². The number of pyridine rings is 1. The molecule has 43 heavy (non-hydrogen) atoms. The van der Waals surface area contributed by atoms with Crippen LogP contribution in [0.25, 0.3) is 21.9 Å². The molecular formula is C32H36F4N4O3. The number of ketones is 1. The maximum absolute atomic E-state index is 13.6. The molecule has 2 heterocycles. The Morgan fingerprint density at radius 1 is 0.860 bits per heavy atom. The summed E-state index contributed by atoms with van der Waals surface area (Å²) in [4.78, 5) is 33.6.